The molecule has 1 saturated heterocycles. The Labute approximate surface area is 182 Å². The van der Waals surface area contributed by atoms with Gasteiger partial charge in [0.15, 0.2) is 0 Å². The van der Waals surface area contributed by atoms with E-state index in [0.717, 1.165) is 24.7 Å². The standard InChI is InChI=1S/C22H27FN2O5S/c1-29-22(26)18-7-8-19(20(23)15-18)16-31(27,28)24-21(17-5-3-2-4-6-17)9-10-25-11-13-30-14-12-25/h2-8,15,21,24H,9-14,16H2,1H3. The zero-order valence-electron chi connectivity index (χ0n) is 17.4. The minimum Gasteiger partial charge on any atom is -0.465 e. The molecule has 0 bridgehead atoms. The predicted octanol–water partition coefficient (Wildman–Crippen LogP) is 2.50. The highest BCUT2D eigenvalue weighted by molar-refractivity contribution is 7.88. The van der Waals surface area contributed by atoms with Crippen molar-refractivity contribution in [2.45, 2.75) is 18.2 Å². The van der Waals surface area contributed by atoms with Crippen LogP contribution in [0.2, 0.25) is 0 Å². The van der Waals surface area contributed by atoms with Crippen LogP contribution in [0.5, 0.6) is 0 Å². The summed E-state index contributed by atoms with van der Waals surface area (Å²) in [6, 6.07) is 12.5. The average molecular weight is 451 g/mol. The number of esters is 1. The normalized spacial score (nSPS) is 16.1. The van der Waals surface area contributed by atoms with Crippen LogP contribution in [0, 0.1) is 5.82 Å². The van der Waals surface area contributed by atoms with Gasteiger partial charge < -0.3 is 9.47 Å². The van der Waals surface area contributed by atoms with Crippen LogP contribution in [0.15, 0.2) is 48.5 Å². The Morgan fingerprint density at radius 1 is 1.19 bits per heavy atom. The number of carbonyl (C=O) groups excluding carboxylic acids is 1. The first kappa shape index (κ1) is 23.3. The molecule has 1 N–H and O–H groups in total. The number of carbonyl (C=O) groups is 1. The van der Waals surface area contributed by atoms with Crippen molar-refractivity contribution in [3.05, 3.63) is 71.0 Å². The van der Waals surface area contributed by atoms with Crippen molar-refractivity contribution in [2.75, 3.05) is 40.0 Å². The van der Waals surface area contributed by atoms with Crippen LogP contribution in [0.3, 0.4) is 0 Å². The maximum Gasteiger partial charge on any atom is 0.337 e. The number of morpholine rings is 1. The van der Waals surface area contributed by atoms with Crippen molar-refractivity contribution in [1.29, 1.82) is 0 Å². The maximum absolute atomic E-state index is 14.4. The molecule has 0 radical (unpaired) electrons. The monoisotopic (exact) mass is 450 g/mol. The average Bonchev–Trinajstić information content (AvgIpc) is 2.78. The first-order chi connectivity index (χ1) is 14.9. The van der Waals surface area contributed by atoms with Crippen molar-refractivity contribution < 1.29 is 27.1 Å². The minimum atomic E-state index is -3.85. The number of nitrogens with zero attached hydrogens (tertiary/aromatic N) is 1. The number of nitrogens with one attached hydrogen (secondary N) is 1. The van der Waals surface area contributed by atoms with E-state index in [4.69, 9.17) is 4.74 Å². The number of halogens is 1. The molecule has 1 unspecified atom stereocenters. The molecule has 3 rings (SSSR count). The topological polar surface area (TPSA) is 84.9 Å². The fraction of sp³-hybridized carbons (Fsp3) is 0.409. The molecule has 0 aromatic heterocycles. The van der Waals surface area contributed by atoms with E-state index in [9.17, 15) is 17.6 Å². The lowest BCUT2D eigenvalue weighted by Crippen LogP contribution is -2.39. The van der Waals surface area contributed by atoms with E-state index in [-0.39, 0.29) is 11.1 Å². The second-order valence-corrected chi connectivity index (χ2v) is 9.13. The van der Waals surface area contributed by atoms with Gasteiger partial charge >= 0.3 is 5.97 Å². The van der Waals surface area contributed by atoms with Crippen LogP contribution in [0.1, 0.15) is 33.9 Å². The summed E-state index contributed by atoms with van der Waals surface area (Å²) >= 11 is 0. The first-order valence-electron chi connectivity index (χ1n) is 10.1. The molecule has 0 amide bonds. The molecule has 2 aromatic carbocycles. The van der Waals surface area contributed by atoms with E-state index < -0.39 is 33.6 Å². The second kappa shape index (κ2) is 10.8. The molecule has 0 aliphatic carbocycles. The maximum atomic E-state index is 14.4. The molecule has 1 aliphatic rings. The van der Waals surface area contributed by atoms with Crippen molar-refractivity contribution in [3.63, 3.8) is 0 Å². The summed E-state index contributed by atoms with van der Waals surface area (Å²) in [6.07, 6.45) is 0.576. The van der Waals surface area contributed by atoms with E-state index >= 15 is 0 Å². The third kappa shape index (κ3) is 6.83. The minimum absolute atomic E-state index is 0.0138. The summed E-state index contributed by atoms with van der Waals surface area (Å²) in [5, 5.41) is 0. The molecular formula is C22H27FN2O5S. The predicted molar refractivity (Wildman–Crippen MR) is 115 cm³/mol. The number of sulfonamides is 1. The van der Waals surface area contributed by atoms with Crippen LogP contribution in [0.4, 0.5) is 4.39 Å². The van der Waals surface area contributed by atoms with Crippen LogP contribution < -0.4 is 4.72 Å². The number of ether oxygens (including phenoxy) is 2. The summed E-state index contributed by atoms with van der Waals surface area (Å²) in [4.78, 5) is 13.8. The lowest BCUT2D eigenvalue weighted by atomic mass is 10.0. The summed E-state index contributed by atoms with van der Waals surface area (Å²) in [5.74, 6) is -1.97. The molecule has 31 heavy (non-hydrogen) atoms. The molecular weight excluding hydrogens is 423 g/mol. The third-order valence-corrected chi connectivity index (χ3v) is 6.52. The highest BCUT2D eigenvalue weighted by atomic mass is 32.2. The van der Waals surface area contributed by atoms with Crippen LogP contribution in [-0.4, -0.2) is 59.2 Å². The molecule has 1 aliphatic heterocycles. The number of benzene rings is 2. The van der Waals surface area contributed by atoms with Crippen molar-refractivity contribution >= 4 is 16.0 Å². The third-order valence-electron chi connectivity index (χ3n) is 5.18. The largest absolute Gasteiger partial charge is 0.465 e. The summed E-state index contributed by atoms with van der Waals surface area (Å²) in [7, 11) is -2.65. The SMILES string of the molecule is COC(=O)c1ccc(CS(=O)(=O)NC(CCN2CCOCC2)c2ccccc2)c(F)c1. The molecule has 9 heteroatoms. The lowest BCUT2D eigenvalue weighted by Gasteiger charge is -2.28. The van der Waals surface area contributed by atoms with Gasteiger partial charge in [-0.2, -0.15) is 0 Å². The summed E-state index contributed by atoms with van der Waals surface area (Å²) in [5.41, 5.74) is 0.864. The van der Waals surface area contributed by atoms with Crippen molar-refractivity contribution in [1.82, 2.24) is 9.62 Å². The highest BCUT2D eigenvalue weighted by Crippen LogP contribution is 2.21. The Balaban J connectivity index is 1.72. The lowest BCUT2D eigenvalue weighted by molar-refractivity contribution is 0.0364. The number of rotatable bonds is 9. The van der Waals surface area contributed by atoms with Crippen molar-refractivity contribution in [2.24, 2.45) is 0 Å². The van der Waals surface area contributed by atoms with Gasteiger partial charge in [-0.3, -0.25) is 4.90 Å². The quantitative estimate of drug-likeness (QED) is 0.591. The van der Waals surface area contributed by atoms with Gasteiger partial charge in [-0.15, -0.1) is 0 Å². The van der Waals surface area contributed by atoms with Gasteiger partial charge in [0, 0.05) is 31.2 Å². The number of hydrogen-bond acceptors (Lipinski definition) is 6. The first-order valence-corrected chi connectivity index (χ1v) is 11.7. The summed E-state index contributed by atoms with van der Waals surface area (Å²) in [6.45, 7) is 3.68. The van der Waals surface area contributed by atoms with Crippen LogP contribution in [-0.2, 0) is 25.2 Å². The highest BCUT2D eigenvalue weighted by Gasteiger charge is 2.23. The fourth-order valence-corrected chi connectivity index (χ4v) is 4.90. The van der Waals surface area contributed by atoms with Gasteiger partial charge in [0.2, 0.25) is 10.0 Å². The molecule has 0 saturated carbocycles. The van der Waals surface area contributed by atoms with E-state index in [1.165, 1.54) is 19.2 Å². The molecule has 2 aromatic rings. The second-order valence-electron chi connectivity index (χ2n) is 7.38. The Morgan fingerprint density at radius 3 is 2.55 bits per heavy atom. The van der Waals surface area contributed by atoms with Gasteiger partial charge in [-0.25, -0.2) is 22.3 Å². The van der Waals surface area contributed by atoms with Crippen molar-refractivity contribution in [3.8, 4) is 0 Å². The Kier molecular flexibility index (Phi) is 8.14. The van der Waals surface area contributed by atoms with Crippen LogP contribution >= 0.6 is 0 Å². The Morgan fingerprint density at radius 2 is 1.90 bits per heavy atom. The van der Waals surface area contributed by atoms with Gasteiger partial charge in [-0.05, 0) is 24.1 Å². The van der Waals surface area contributed by atoms with Gasteiger partial charge in [0.05, 0.1) is 31.6 Å². The molecule has 1 fully saturated rings. The zero-order chi connectivity index (χ0) is 22.3. The fourth-order valence-electron chi connectivity index (χ4n) is 3.49. The number of hydrogen-bond donors (Lipinski definition) is 1. The smallest absolute Gasteiger partial charge is 0.337 e. The Hall–Kier alpha value is -2.33. The van der Waals surface area contributed by atoms with E-state index in [0.29, 0.717) is 26.2 Å². The zero-order valence-corrected chi connectivity index (χ0v) is 18.2. The number of methoxy groups -OCH3 is 1. The van der Waals surface area contributed by atoms with E-state index in [1.54, 1.807) is 0 Å². The Bertz CT molecular complexity index is 979. The van der Waals surface area contributed by atoms with E-state index in [1.807, 2.05) is 30.3 Å². The van der Waals surface area contributed by atoms with Gasteiger partial charge in [0.25, 0.3) is 0 Å². The van der Waals surface area contributed by atoms with Gasteiger partial charge in [0.1, 0.15) is 5.82 Å². The molecule has 1 atom stereocenters. The molecule has 0 spiro atoms. The molecule has 1 heterocycles. The molecule has 7 nitrogen and oxygen atoms in total. The van der Waals surface area contributed by atoms with Crippen LogP contribution in [0.25, 0.3) is 0 Å². The molecule has 168 valence electrons. The van der Waals surface area contributed by atoms with E-state index in [2.05, 4.69) is 14.4 Å². The van der Waals surface area contributed by atoms with Gasteiger partial charge in [-0.1, -0.05) is 36.4 Å². The summed E-state index contributed by atoms with van der Waals surface area (Å²) < 4.78 is 52.8.